The molecule has 1 saturated carbocycles. The number of anilines is 3. The van der Waals surface area contributed by atoms with Crippen LogP contribution in [0.5, 0.6) is 0 Å². The van der Waals surface area contributed by atoms with Gasteiger partial charge < -0.3 is 20.6 Å². The van der Waals surface area contributed by atoms with Crippen molar-refractivity contribution in [1.82, 2.24) is 30.0 Å². The van der Waals surface area contributed by atoms with Gasteiger partial charge in [0.15, 0.2) is 5.82 Å². The molecule has 1 aliphatic heterocycles. The molecule has 0 unspecified atom stereocenters. The highest BCUT2D eigenvalue weighted by Crippen LogP contribution is 2.36. The second-order valence-electron chi connectivity index (χ2n) is 13.0. The molecule has 0 bridgehead atoms. The number of carbonyl (C=O) groups is 1. The number of benzene rings is 1. The van der Waals surface area contributed by atoms with Crippen LogP contribution in [-0.4, -0.2) is 60.1 Å². The van der Waals surface area contributed by atoms with Crippen LogP contribution in [0.4, 0.5) is 22.4 Å². The zero-order valence-electron chi connectivity index (χ0n) is 27.9. The zero-order valence-corrected chi connectivity index (χ0v) is 27.9. The fourth-order valence-electron chi connectivity index (χ4n) is 6.72. The fraction of sp³-hybridized carbons (Fsp3) is 0.389. The lowest BCUT2D eigenvalue weighted by molar-refractivity contribution is 0.117. The first-order valence-electron chi connectivity index (χ1n) is 16.4. The van der Waals surface area contributed by atoms with Gasteiger partial charge >= 0.3 is 6.03 Å². The minimum Gasteiger partial charge on any atom is -0.386 e. The third kappa shape index (κ3) is 7.16. The molecule has 4 heterocycles. The Bertz CT molecular complexity index is 1810. The summed E-state index contributed by atoms with van der Waals surface area (Å²) >= 11 is 0. The van der Waals surface area contributed by atoms with E-state index in [0.29, 0.717) is 42.7 Å². The van der Waals surface area contributed by atoms with Crippen LogP contribution in [0.25, 0.3) is 11.1 Å². The van der Waals surface area contributed by atoms with E-state index in [9.17, 15) is 15.2 Å². The highest BCUT2D eigenvalue weighted by atomic mass is 16.3. The molecule has 1 aliphatic carbocycles. The second kappa shape index (κ2) is 13.8. The van der Waals surface area contributed by atoms with Crippen LogP contribution in [0.2, 0.25) is 0 Å². The van der Waals surface area contributed by atoms with Crippen molar-refractivity contribution in [2.24, 2.45) is 7.05 Å². The maximum Gasteiger partial charge on any atom is 0.323 e. The average molecular weight is 647 g/mol. The second-order valence-corrected chi connectivity index (χ2v) is 13.0. The Morgan fingerprint density at radius 3 is 2.46 bits per heavy atom. The summed E-state index contributed by atoms with van der Waals surface area (Å²) in [5.41, 5.74) is 4.22. The maximum absolute atomic E-state index is 13.8. The predicted molar refractivity (Wildman–Crippen MR) is 185 cm³/mol. The largest absolute Gasteiger partial charge is 0.386 e. The van der Waals surface area contributed by atoms with Crippen LogP contribution in [0.15, 0.2) is 78.5 Å². The van der Waals surface area contributed by atoms with Gasteiger partial charge in [-0.1, -0.05) is 30.3 Å². The van der Waals surface area contributed by atoms with Crippen molar-refractivity contribution in [3.63, 3.8) is 0 Å². The number of nitriles is 1. The van der Waals surface area contributed by atoms with Crippen molar-refractivity contribution in [3.05, 3.63) is 89.6 Å². The molecule has 12 heteroatoms. The standard InChI is InChI=1S/C36H42N10O2/c1-24-31(36(2,3)48)16-17-45(24)33-27(18-37)21-39-34(43-33)42-29-11-13-30(14-12-29)46(35(47)40-19-25-8-6-5-7-9-25)32-15-10-26(20-38-32)28-22-41-44(4)23-28/h5-10,15,20-23,29-30,48H,11-14,16-17,19H2,1-4H3,(H,40,47)(H,39,42,43)/t29-,30-. The van der Waals surface area contributed by atoms with Gasteiger partial charge in [-0.25, -0.2) is 14.8 Å². The molecule has 0 saturated heterocycles. The number of carbonyl (C=O) groups excluding carboxylic acids is 1. The number of hydrogen-bond donors (Lipinski definition) is 3. The molecule has 248 valence electrons. The molecule has 6 rings (SSSR count). The number of allylic oxidation sites excluding steroid dienone is 1. The number of amides is 2. The molecule has 0 radical (unpaired) electrons. The van der Waals surface area contributed by atoms with E-state index in [-0.39, 0.29) is 18.1 Å². The van der Waals surface area contributed by atoms with Gasteiger partial charge in [-0.3, -0.25) is 9.58 Å². The van der Waals surface area contributed by atoms with Gasteiger partial charge in [0.1, 0.15) is 17.5 Å². The normalized spacial score (nSPS) is 18.0. The summed E-state index contributed by atoms with van der Waals surface area (Å²) in [5, 5.41) is 31.3. The predicted octanol–water partition coefficient (Wildman–Crippen LogP) is 5.54. The van der Waals surface area contributed by atoms with Crippen molar-refractivity contribution in [2.45, 2.75) is 77.1 Å². The Labute approximate surface area is 281 Å². The monoisotopic (exact) mass is 646 g/mol. The van der Waals surface area contributed by atoms with Crippen LogP contribution in [0.1, 0.15) is 64.0 Å². The topological polar surface area (TPSA) is 148 Å². The Morgan fingerprint density at radius 1 is 1.06 bits per heavy atom. The third-order valence-corrected chi connectivity index (χ3v) is 9.24. The zero-order chi connectivity index (χ0) is 33.8. The van der Waals surface area contributed by atoms with Crippen LogP contribution in [0.3, 0.4) is 0 Å². The van der Waals surface area contributed by atoms with Crippen LogP contribution < -0.4 is 20.4 Å². The Kier molecular flexibility index (Phi) is 9.41. The summed E-state index contributed by atoms with van der Waals surface area (Å²) < 4.78 is 1.75. The van der Waals surface area contributed by atoms with Gasteiger partial charge in [-0.05, 0) is 76.1 Å². The van der Waals surface area contributed by atoms with Crippen molar-refractivity contribution in [3.8, 4) is 17.2 Å². The van der Waals surface area contributed by atoms with Gasteiger partial charge in [0.05, 0.1) is 18.0 Å². The molecule has 0 atom stereocenters. The number of pyridine rings is 1. The minimum absolute atomic E-state index is 0.0503. The maximum atomic E-state index is 13.8. The molecule has 3 N–H and O–H groups in total. The van der Waals surface area contributed by atoms with E-state index in [0.717, 1.165) is 53.6 Å². The molecular formula is C36H42N10O2. The van der Waals surface area contributed by atoms with Gasteiger partial charge in [0.25, 0.3) is 0 Å². The smallest absolute Gasteiger partial charge is 0.323 e. The third-order valence-electron chi connectivity index (χ3n) is 9.24. The molecule has 1 aromatic carbocycles. The summed E-state index contributed by atoms with van der Waals surface area (Å²) in [4.78, 5) is 31.5. The number of aromatic nitrogens is 5. The van der Waals surface area contributed by atoms with Crippen molar-refractivity contribution in [2.75, 3.05) is 21.7 Å². The summed E-state index contributed by atoms with van der Waals surface area (Å²) in [7, 11) is 1.88. The van der Waals surface area contributed by atoms with Crippen LogP contribution in [0, 0.1) is 11.3 Å². The van der Waals surface area contributed by atoms with Gasteiger partial charge in [0, 0.05) is 61.4 Å². The molecule has 48 heavy (non-hydrogen) atoms. The van der Waals surface area contributed by atoms with Crippen molar-refractivity contribution in [1.29, 1.82) is 5.26 Å². The number of aliphatic hydroxyl groups is 1. The number of urea groups is 1. The number of nitrogens with zero attached hydrogens (tertiary/aromatic N) is 8. The highest BCUT2D eigenvalue weighted by molar-refractivity contribution is 5.91. The van der Waals surface area contributed by atoms with E-state index in [1.54, 1.807) is 42.0 Å². The van der Waals surface area contributed by atoms with Crippen molar-refractivity contribution >= 4 is 23.6 Å². The van der Waals surface area contributed by atoms with E-state index in [1.807, 2.05) is 67.5 Å². The number of rotatable bonds is 9. The summed E-state index contributed by atoms with van der Waals surface area (Å²) in [6, 6.07) is 15.8. The summed E-state index contributed by atoms with van der Waals surface area (Å²) in [6.07, 6.45) is 10.9. The molecule has 12 nitrogen and oxygen atoms in total. The molecule has 2 amide bonds. The van der Waals surface area contributed by atoms with Gasteiger partial charge in [-0.2, -0.15) is 15.3 Å². The van der Waals surface area contributed by atoms with E-state index < -0.39 is 5.60 Å². The van der Waals surface area contributed by atoms with Crippen LogP contribution in [-0.2, 0) is 13.6 Å². The van der Waals surface area contributed by atoms with E-state index in [1.165, 1.54) is 0 Å². The summed E-state index contributed by atoms with van der Waals surface area (Å²) in [5.74, 6) is 1.61. The van der Waals surface area contributed by atoms with Crippen molar-refractivity contribution < 1.29 is 9.90 Å². The molecular weight excluding hydrogens is 604 g/mol. The lowest BCUT2D eigenvalue weighted by atomic mass is 9.90. The lowest BCUT2D eigenvalue weighted by Crippen LogP contribution is -2.49. The molecule has 2 aliphatic rings. The Hall–Kier alpha value is -5.28. The summed E-state index contributed by atoms with van der Waals surface area (Å²) in [6.45, 7) is 6.58. The minimum atomic E-state index is -0.943. The first-order valence-corrected chi connectivity index (χ1v) is 16.4. The average Bonchev–Trinajstić information content (AvgIpc) is 3.71. The Morgan fingerprint density at radius 2 is 1.83 bits per heavy atom. The number of hydrogen-bond acceptors (Lipinski definition) is 9. The molecule has 3 aromatic heterocycles. The first kappa shape index (κ1) is 32.7. The Balaban J connectivity index is 1.16. The fourth-order valence-corrected chi connectivity index (χ4v) is 6.72. The first-order chi connectivity index (χ1) is 23.1. The highest BCUT2D eigenvalue weighted by Gasteiger charge is 2.33. The molecule has 0 spiro atoms. The number of aryl methyl sites for hydroxylation is 1. The SMILES string of the molecule is CC1=C(C(C)(C)O)CCN1c1nc(N[C@H]2CC[C@H](N(C(=O)NCc3ccccc3)c3ccc(-c4cnn(C)c4)cn3)CC2)ncc1C#N. The molecule has 1 fully saturated rings. The number of nitrogens with one attached hydrogen (secondary N) is 2. The molecule has 4 aromatic rings. The van der Waals surface area contributed by atoms with Gasteiger partial charge in [-0.15, -0.1) is 0 Å². The van der Waals surface area contributed by atoms with Crippen LogP contribution >= 0.6 is 0 Å². The van der Waals surface area contributed by atoms with E-state index in [2.05, 4.69) is 26.8 Å². The quantitative estimate of drug-likeness (QED) is 0.213. The lowest BCUT2D eigenvalue weighted by Gasteiger charge is -2.36. The van der Waals surface area contributed by atoms with E-state index in [4.69, 9.17) is 9.97 Å². The van der Waals surface area contributed by atoms with Gasteiger partial charge in [0.2, 0.25) is 5.95 Å². The van der Waals surface area contributed by atoms with E-state index >= 15 is 0 Å².